The Morgan fingerprint density at radius 1 is 0.960 bits per heavy atom. The van der Waals surface area contributed by atoms with Crippen LogP contribution in [0.1, 0.15) is 49.8 Å². The van der Waals surface area contributed by atoms with Crippen LogP contribution in [-0.4, -0.2) is 24.0 Å². The molecule has 1 atom stereocenters. The molecule has 0 aromatic heterocycles. The molecule has 134 valence electrons. The minimum atomic E-state index is -0.0394. The Kier molecular flexibility index (Phi) is 6.19. The summed E-state index contributed by atoms with van der Waals surface area (Å²) in [5, 5.41) is 0. The van der Waals surface area contributed by atoms with Gasteiger partial charge in [0.2, 0.25) is 0 Å². The van der Waals surface area contributed by atoms with Crippen molar-refractivity contribution in [3.05, 3.63) is 71.3 Å². The van der Waals surface area contributed by atoms with E-state index in [-0.39, 0.29) is 4.87 Å². The maximum Gasteiger partial charge on any atom is 0.0696 e. The first kappa shape index (κ1) is 18.5. The molecular formula is C23H30ClN. The van der Waals surface area contributed by atoms with E-state index in [2.05, 4.69) is 73.3 Å². The van der Waals surface area contributed by atoms with Crippen LogP contribution < -0.4 is 0 Å². The Morgan fingerprint density at radius 2 is 1.60 bits per heavy atom. The molecule has 25 heavy (non-hydrogen) atoms. The molecule has 1 fully saturated rings. The third-order valence-corrected chi connectivity index (χ3v) is 6.17. The van der Waals surface area contributed by atoms with E-state index < -0.39 is 0 Å². The molecule has 1 aliphatic carbocycles. The van der Waals surface area contributed by atoms with Gasteiger partial charge in [0.1, 0.15) is 0 Å². The molecule has 2 aromatic carbocycles. The van der Waals surface area contributed by atoms with Gasteiger partial charge in [0.15, 0.2) is 0 Å². The van der Waals surface area contributed by atoms with E-state index in [0.29, 0.717) is 6.04 Å². The van der Waals surface area contributed by atoms with Crippen molar-refractivity contribution in [1.82, 2.24) is 4.90 Å². The van der Waals surface area contributed by atoms with Crippen LogP contribution in [0.4, 0.5) is 0 Å². The van der Waals surface area contributed by atoms with Crippen molar-refractivity contribution in [3.63, 3.8) is 0 Å². The van der Waals surface area contributed by atoms with E-state index in [1.165, 1.54) is 23.1 Å². The van der Waals surface area contributed by atoms with Crippen LogP contribution in [0, 0.1) is 0 Å². The minimum absolute atomic E-state index is 0.0394. The smallest absolute Gasteiger partial charge is 0.0696 e. The van der Waals surface area contributed by atoms with Crippen molar-refractivity contribution in [2.75, 3.05) is 13.1 Å². The van der Waals surface area contributed by atoms with Crippen LogP contribution in [0.25, 0.3) is 0 Å². The second-order valence-electron chi connectivity index (χ2n) is 7.41. The summed E-state index contributed by atoms with van der Waals surface area (Å²) in [5.74, 6) is 0. The monoisotopic (exact) mass is 355 g/mol. The molecule has 1 saturated carbocycles. The van der Waals surface area contributed by atoms with Gasteiger partial charge < -0.3 is 4.90 Å². The highest BCUT2D eigenvalue weighted by Gasteiger charge is 2.41. The van der Waals surface area contributed by atoms with Gasteiger partial charge in [-0.2, -0.15) is 0 Å². The van der Waals surface area contributed by atoms with Crippen LogP contribution in [-0.2, 0) is 17.7 Å². The zero-order chi connectivity index (χ0) is 17.7. The van der Waals surface area contributed by atoms with E-state index in [1.54, 1.807) is 0 Å². The van der Waals surface area contributed by atoms with Gasteiger partial charge in [-0.3, -0.25) is 0 Å². The maximum absolute atomic E-state index is 6.49. The number of likely N-dealkylation sites (N-methyl/N-ethyl adjacent to an activating group) is 1. The van der Waals surface area contributed by atoms with Gasteiger partial charge >= 0.3 is 0 Å². The van der Waals surface area contributed by atoms with E-state index in [4.69, 9.17) is 11.6 Å². The van der Waals surface area contributed by atoms with Gasteiger partial charge in [-0.1, -0.05) is 61.5 Å². The summed E-state index contributed by atoms with van der Waals surface area (Å²) in [6.45, 7) is 6.88. The standard InChI is InChI=1S/C23H30ClN/c1-3-25(18-15-20-7-5-4-6-8-20)19(2)9-10-21-11-13-22(14-12-21)23(24)16-17-23/h4-8,11-14,19H,3,9-10,15-18H2,1-2H3. The zero-order valence-electron chi connectivity index (χ0n) is 15.5. The molecule has 0 N–H and O–H groups in total. The Morgan fingerprint density at radius 3 is 2.20 bits per heavy atom. The van der Waals surface area contributed by atoms with Crippen LogP contribution in [0.2, 0.25) is 0 Å². The Hall–Kier alpha value is -1.31. The molecule has 3 rings (SSSR count). The van der Waals surface area contributed by atoms with E-state index in [9.17, 15) is 0 Å². The number of hydrogen-bond donors (Lipinski definition) is 0. The predicted octanol–water partition coefficient (Wildman–Crippen LogP) is 5.80. The second-order valence-corrected chi connectivity index (χ2v) is 8.14. The van der Waals surface area contributed by atoms with Crippen molar-refractivity contribution in [3.8, 4) is 0 Å². The summed E-state index contributed by atoms with van der Waals surface area (Å²) in [7, 11) is 0. The lowest BCUT2D eigenvalue weighted by Gasteiger charge is -2.28. The summed E-state index contributed by atoms with van der Waals surface area (Å²) in [6, 6.07) is 20.4. The van der Waals surface area contributed by atoms with Crippen LogP contribution in [0.15, 0.2) is 54.6 Å². The normalized spacial score (nSPS) is 16.8. The van der Waals surface area contributed by atoms with Gasteiger partial charge in [-0.15, -0.1) is 11.6 Å². The molecular weight excluding hydrogens is 326 g/mol. The number of rotatable bonds is 9. The molecule has 0 saturated heterocycles. The summed E-state index contributed by atoms with van der Waals surface area (Å²) in [4.78, 5) is 2.56. The van der Waals surface area contributed by atoms with Gasteiger partial charge in [-0.25, -0.2) is 0 Å². The lowest BCUT2D eigenvalue weighted by Crippen LogP contribution is -2.35. The van der Waals surface area contributed by atoms with Crippen LogP contribution in [0.3, 0.4) is 0 Å². The molecule has 2 heteroatoms. The van der Waals surface area contributed by atoms with Crippen LogP contribution >= 0.6 is 11.6 Å². The van der Waals surface area contributed by atoms with Gasteiger partial charge in [0.05, 0.1) is 4.87 Å². The SMILES string of the molecule is CCN(CCc1ccccc1)C(C)CCc1ccc(C2(Cl)CC2)cc1. The molecule has 0 bridgehead atoms. The molecule has 1 nitrogen and oxygen atoms in total. The number of benzene rings is 2. The van der Waals surface area contributed by atoms with E-state index in [1.807, 2.05) is 0 Å². The number of alkyl halides is 1. The van der Waals surface area contributed by atoms with Crippen molar-refractivity contribution >= 4 is 11.6 Å². The third-order valence-electron chi connectivity index (χ3n) is 5.57. The highest BCUT2D eigenvalue weighted by molar-refractivity contribution is 6.25. The first-order valence-electron chi connectivity index (χ1n) is 9.67. The number of aryl methyl sites for hydroxylation is 1. The molecule has 0 spiro atoms. The molecule has 0 radical (unpaired) electrons. The molecule has 1 unspecified atom stereocenters. The highest BCUT2D eigenvalue weighted by atomic mass is 35.5. The van der Waals surface area contributed by atoms with Crippen molar-refractivity contribution < 1.29 is 0 Å². The fourth-order valence-electron chi connectivity index (χ4n) is 3.53. The van der Waals surface area contributed by atoms with Gasteiger partial charge in [0.25, 0.3) is 0 Å². The van der Waals surface area contributed by atoms with E-state index >= 15 is 0 Å². The summed E-state index contributed by atoms with van der Waals surface area (Å²) in [5.41, 5.74) is 4.15. The van der Waals surface area contributed by atoms with E-state index in [0.717, 1.165) is 38.8 Å². The first-order valence-corrected chi connectivity index (χ1v) is 10.0. The number of nitrogens with zero attached hydrogens (tertiary/aromatic N) is 1. The Labute approximate surface area is 158 Å². The quantitative estimate of drug-likeness (QED) is 0.514. The van der Waals surface area contributed by atoms with Crippen molar-refractivity contribution in [2.24, 2.45) is 0 Å². The molecule has 1 aliphatic rings. The Balaban J connectivity index is 1.47. The fourth-order valence-corrected chi connectivity index (χ4v) is 3.75. The summed E-state index contributed by atoms with van der Waals surface area (Å²) < 4.78 is 0. The van der Waals surface area contributed by atoms with Crippen LogP contribution in [0.5, 0.6) is 0 Å². The number of hydrogen-bond acceptors (Lipinski definition) is 1. The average molecular weight is 356 g/mol. The summed E-state index contributed by atoms with van der Waals surface area (Å²) >= 11 is 6.49. The van der Waals surface area contributed by atoms with Crippen molar-refractivity contribution in [2.45, 2.75) is 56.9 Å². The topological polar surface area (TPSA) is 3.24 Å². The third kappa shape index (κ3) is 5.09. The number of halogens is 1. The fraction of sp³-hybridized carbons (Fsp3) is 0.478. The van der Waals surface area contributed by atoms with Crippen molar-refractivity contribution in [1.29, 1.82) is 0 Å². The largest absolute Gasteiger partial charge is 0.301 e. The highest BCUT2D eigenvalue weighted by Crippen LogP contribution is 2.51. The first-order chi connectivity index (χ1) is 12.1. The van der Waals surface area contributed by atoms with Gasteiger partial charge in [0, 0.05) is 12.6 Å². The molecule has 2 aromatic rings. The molecule has 0 heterocycles. The summed E-state index contributed by atoms with van der Waals surface area (Å²) in [6.07, 6.45) is 5.72. The lowest BCUT2D eigenvalue weighted by molar-refractivity contribution is 0.212. The molecule has 0 amide bonds. The lowest BCUT2D eigenvalue weighted by atomic mass is 10.0. The second kappa shape index (κ2) is 8.38. The molecule has 0 aliphatic heterocycles. The zero-order valence-corrected chi connectivity index (χ0v) is 16.3. The Bertz CT molecular complexity index is 646. The predicted molar refractivity (Wildman–Crippen MR) is 108 cm³/mol. The maximum atomic E-state index is 6.49. The van der Waals surface area contributed by atoms with Gasteiger partial charge in [-0.05, 0) is 62.3 Å². The minimum Gasteiger partial charge on any atom is -0.301 e. The average Bonchev–Trinajstić information content (AvgIpc) is 3.40.